The van der Waals surface area contributed by atoms with Gasteiger partial charge >= 0.3 is 0 Å². The molecule has 170 valence electrons. The highest BCUT2D eigenvalue weighted by atomic mass is 32.2. The van der Waals surface area contributed by atoms with Gasteiger partial charge in [-0.05, 0) is 69.0 Å². The van der Waals surface area contributed by atoms with Crippen LogP contribution in [0.4, 0.5) is 5.69 Å². The Balaban J connectivity index is 1.75. The van der Waals surface area contributed by atoms with Crippen molar-refractivity contribution in [1.29, 1.82) is 0 Å². The summed E-state index contributed by atoms with van der Waals surface area (Å²) >= 11 is 0. The number of aryl methyl sites for hydroxylation is 4. The molecular weight excluding hydrogens is 426 g/mol. The van der Waals surface area contributed by atoms with Crippen molar-refractivity contribution in [2.45, 2.75) is 58.4 Å². The van der Waals surface area contributed by atoms with Crippen molar-refractivity contribution < 1.29 is 17.7 Å². The highest BCUT2D eigenvalue weighted by molar-refractivity contribution is 7.92. The molecule has 2 N–H and O–H groups in total. The van der Waals surface area contributed by atoms with E-state index in [0.29, 0.717) is 28.3 Å². The van der Waals surface area contributed by atoms with Crippen molar-refractivity contribution >= 4 is 21.6 Å². The van der Waals surface area contributed by atoms with Crippen molar-refractivity contribution in [1.82, 2.24) is 10.5 Å². The third-order valence-corrected chi connectivity index (χ3v) is 6.78. The van der Waals surface area contributed by atoms with E-state index in [1.807, 2.05) is 12.1 Å². The first-order valence-corrected chi connectivity index (χ1v) is 12.1. The van der Waals surface area contributed by atoms with Crippen LogP contribution in [0.1, 0.15) is 58.3 Å². The minimum atomic E-state index is -3.84. The number of benzene rings is 2. The number of carbonyl (C=O) groups is 1. The third kappa shape index (κ3) is 5.56. The Morgan fingerprint density at radius 3 is 2.41 bits per heavy atom. The summed E-state index contributed by atoms with van der Waals surface area (Å²) in [6.45, 7) is 7.73. The summed E-state index contributed by atoms with van der Waals surface area (Å²) in [7, 11) is -3.84. The number of amides is 1. The predicted molar refractivity (Wildman–Crippen MR) is 124 cm³/mol. The normalized spacial score (nSPS) is 11.4. The number of rotatable bonds is 9. The quantitative estimate of drug-likeness (QED) is 0.488. The number of carbonyl (C=O) groups excluding carboxylic acids is 1. The summed E-state index contributed by atoms with van der Waals surface area (Å²) in [4.78, 5) is 12.8. The van der Waals surface area contributed by atoms with Gasteiger partial charge in [-0.2, -0.15) is 0 Å². The highest BCUT2D eigenvalue weighted by Crippen LogP contribution is 2.21. The number of nitrogens with one attached hydrogen (secondary N) is 2. The van der Waals surface area contributed by atoms with Gasteiger partial charge in [0, 0.05) is 23.4 Å². The molecule has 0 saturated carbocycles. The van der Waals surface area contributed by atoms with Crippen LogP contribution >= 0.6 is 0 Å². The molecule has 2 aromatic carbocycles. The summed E-state index contributed by atoms with van der Waals surface area (Å²) in [5, 5.41) is 6.70. The van der Waals surface area contributed by atoms with E-state index in [9.17, 15) is 13.2 Å². The highest BCUT2D eigenvalue weighted by Gasteiger charge is 2.19. The Morgan fingerprint density at radius 2 is 1.78 bits per heavy atom. The van der Waals surface area contributed by atoms with Crippen molar-refractivity contribution in [3.63, 3.8) is 0 Å². The van der Waals surface area contributed by atoms with Crippen molar-refractivity contribution in [3.05, 3.63) is 76.2 Å². The SMILES string of the molecule is CCCCc1ccc(NS(=O)(=O)c2ccc(C)c(C(=O)NCc3c(C)noc3C)c2)cc1. The Bertz CT molecular complexity index is 1180. The maximum absolute atomic E-state index is 12.9. The van der Waals surface area contributed by atoms with Gasteiger partial charge in [0.25, 0.3) is 15.9 Å². The molecule has 0 aliphatic heterocycles. The van der Waals surface area contributed by atoms with E-state index in [0.717, 1.165) is 24.8 Å². The van der Waals surface area contributed by atoms with Gasteiger partial charge in [0.05, 0.1) is 10.6 Å². The molecule has 1 amide bonds. The lowest BCUT2D eigenvalue weighted by Crippen LogP contribution is -2.24. The fraction of sp³-hybridized carbons (Fsp3) is 0.333. The zero-order chi connectivity index (χ0) is 23.3. The Kier molecular flexibility index (Phi) is 7.35. The number of hydrogen-bond acceptors (Lipinski definition) is 5. The van der Waals surface area contributed by atoms with Crippen LogP contribution in [0.25, 0.3) is 0 Å². The topological polar surface area (TPSA) is 101 Å². The van der Waals surface area contributed by atoms with E-state index in [1.165, 1.54) is 17.7 Å². The molecule has 8 heteroatoms. The lowest BCUT2D eigenvalue weighted by atomic mass is 10.1. The molecule has 0 aliphatic carbocycles. The van der Waals surface area contributed by atoms with Gasteiger partial charge in [0.1, 0.15) is 5.76 Å². The van der Waals surface area contributed by atoms with Gasteiger partial charge in [-0.1, -0.05) is 36.7 Å². The van der Waals surface area contributed by atoms with Gasteiger partial charge < -0.3 is 9.84 Å². The van der Waals surface area contributed by atoms with Gasteiger partial charge in [-0.25, -0.2) is 8.42 Å². The zero-order valence-corrected chi connectivity index (χ0v) is 19.7. The van der Waals surface area contributed by atoms with Gasteiger partial charge in [0.2, 0.25) is 0 Å². The number of anilines is 1. The number of hydrogen-bond donors (Lipinski definition) is 2. The van der Waals surface area contributed by atoms with Crippen LogP contribution in [0.2, 0.25) is 0 Å². The first kappa shape index (κ1) is 23.5. The first-order valence-electron chi connectivity index (χ1n) is 10.6. The lowest BCUT2D eigenvalue weighted by Gasteiger charge is -2.12. The molecule has 0 aliphatic rings. The molecular formula is C24H29N3O4S. The second kappa shape index (κ2) is 9.99. The molecule has 0 unspecified atom stereocenters. The molecule has 0 fully saturated rings. The number of nitrogens with zero attached hydrogens (tertiary/aromatic N) is 1. The number of aromatic nitrogens is 1. The third-order valence-electron chi connectivity index (χ3n) is 5.40. The fourth-order valence-electron chi connectivity index (χ4n) is 3.37. The molecule has 1 aromatic heterocycles. The van der Waals surface area contributed by atoms with Crippen LogP contribution in [0, 0.1) is 20.8 Å². The Hall–Kier alpha value is -3.13. The van der Waals surface area contributed by atoms with Crippen molar-refractivity contribution in [2.24, 2.45) is 0 Å². The van der Waals surface area contributed by atoms with Gasteiger partial charge in [-0.3, -0.25) is 9.52 Å². The van der Waals surface area contributed by atoms with E-state index in [1.54, 1.807) is 39.0 Å². The molecule has 32 heavy (non-hydrogen) atoms. The fourth-order valence-corrected chi connectivity index (χ4v) is 4.45. The monoisotopic (exact) mass is 455 g/mol. The summed E-state index contributed by atoms with van der Waals surface area (Å²) in [6.07, 6.45) is 3.17. The van der Waals surface area contributed by atoms with E-state index in [2.05, 4.69) is 22.1 Å². The molecule has 1 heterocycles. The minimum Gasteiger partial charge on any atom is -0.361 e. The minimum absolute atomic E-state index is 0.0284. The van der Waals surface area contributed by atoms with Crippen LogP contribution < -0.4 is 10.0 Å². The van der Waals surface area contributed by atoms with Gasteiger partial charge in [0.15, 0.2) is 0 Å². The van der Waals surface area contributed by atoms with Crippen LogP contribution in [-0.2, 0) is 23.0 Å². The number of unbranched alkanes of at least 4 members (excludes halogenated alkanes) is 1. The van der Waals surface area contributed by atoms with Crippen LogP contribution in [0.3, 0.4) is 0 Å². The zero-order valence-electron chi connectivity index (χ0n) is 18.9. The van der Waals surface area contributed by atoms with Crippen LogP contribution in [-0.4, -0.2) is 19.5 Å². The second-order valence-corrected chi connectivity index (χ2v) is 9.55. The van der Waals surface area contributed by atoms with Crippen molar-refractivity contribution in [3.8, 4) is 0 Å². The molecule has 0 saturated heterocycles. The largest absolute Gasteiger partial charge is 0.361 e. The predicted octanol–water partition coefficient (Wildman–Crippen LogP) is 4.67. The maximum atomic E-state index is 12.9. The maximum Gasteiger partial charge on any atom is 0.261 e. The average Bonchev–Trinajstić information content (AvgIpc) is 3.08. The van der Waals surface area contributed by atoms with Crippen molar-refractivity contribution in [2.75, 3.05) is 4.72 Å². The van der Waals surface area contributed by atoms with E-state index < -0.39 is 10.0 Å². The van der Waals surface area contributed by atoms with Gasteiger partial charge in [-0.15, -0.1) is 0 Å². The molecule has 3 rings (SSSR count). The number of sulfonamides is 1. The van der Waals surface area contributed by atoms with Crippen LogP contribution in [0.5, 0.6) is 0 Å². The second-order valence-electron chi connectivity index (χ2n) is 7.87. The van der Waals surface area contributed by atoms with Crippen LogP contribution in [0.15, 0.2) is 51.9 Å². The summed E-state index contributed by atoms with van der Waals surface area (Å²) in [6, 6.07) is 11.9. The molecule has 0 spiro atoms. The lowest BCUT2D eigenvalue weighted by molar-refractivity contribution is 0.0950. The Morgan fingerprint density at radius 1 is 1.06 bits per heavy atom. The smallest absolute Gasteiger partial charge is 0.261 e. The standard InChI is InChI=1S/C24H29N3O4S/c1-5-6-7-19-9-11-20(12-10-19)27-32(29,30)21-13-8-16(2)22(14-21)24(28)25-15-23-17(3)26-31-18(23)4/h8-14,27H,5-7,15H2,1-4H3,(H,25,28). The van der Waals surface area contributed by atoms with E-state index in [-0.39, 0.29) is 17.3 Å². The first-order chi connectivity index (χ1) is 15.2. The van der Waals surface area contributed by atoms with E-state index >= 15 is 0 Å². The summed E-state index contributed by atoms with van der Waals surface area (Å²) in [5.74, 6) is 0.278. The molecule has 3 aromatic rings. The molecule has 0 radical (unpaired) electrons. The molecule has 0 bridgehead atoms. The summed E-state index contributed by atoms with van der Waals surface area (Å²) in [5.41, 5.74) is 4.15. The molecule has 0 atom stereocenters. The van der Waals surface area contributed by atoms with E-state index in [4.69, 9.17) is 4.52 Å². The summed E-state index contributed by atoms with van der Waals surface area (Å²) < 4.78 is 33.5. The average molecular weight is 456 g/mol. The molecule has 7 nitrogen and oxygen atoms in total. The Labute approximate surface area is 189 Å².